The monoisotopic (exact) mass is 625 g/mol. The summed E-state index contributed by atoms with van der Waals surface area (Å²) in [6.45, 7) is 2.46. The third-order valence-electron chi connectivity index (χ3n) is 12.1. The molecule has 3 heteroatoms. The van der Waals surface area contributed by atoms with Crippen LogP contribution in [0.25, 0.3) is 0 Å². The van der Waals surface area contributed by atoms with Gasteiger partial charge in [-0.3, -0.25) is 4.90 Å². The summed E-state index contributed by atoms with van der Waals surface area (Å²) in [6.07, 6.45) is 7.96. The summed E-state index contributed by atoms with van der Waals surface area (Å²) in [4.78, 5) is 5.39. The number of benzene rings is 5. The van der Waals surface area contributed by atoms with E-state index in [-0.39, 0.29) is 23.7 Å². The normalized spacial score (nSPS) is 24.9. The number of anilines is 1. The average Bonchev–Trinajstić information content (AvgIpc) is 3.87. The number of nitrogens with zero attached hydrogens (tertiary/aromatic N) is 2. The Kier molecular flexibility index (Phi) is 6.86. The summed E-state index contributed by atoms with van der Waals surface area (Å²) in [5.41, 5.74) is 19.3. The van der Waals surface area contributed by atoms with Gasteiger partial charge in [-0.25, -0.2) is 0 Å². The Bertz CT molecular complexity index is 1990. The SMILES string of the molecule is CN1C(C(C(N)c2ccccc2)N2C3=C(C=CCC3)C(c3ccccc3)(c3ccccc3)c3ccccc32)c2ccccc2C2CC21C. The van der Waals surface area contributed by atoms with Crippen LogP contribution in [-0.4, -0.2) is 23.5 Å². The number of hydrogen-bond donors (Lipinski definition) is 1. The first-order valence-electron chi connectivity index (χ1n) is 17.6. The maximum absolute atomic E-state index is 7.68. The molecule has 9 rings (SSSR count). The van der Waals surface area contributed by atoms with Crippen molar-refractivity contribution in [3.63, 3.8) is 0 Å². The summed E-state index contributed by atoms with van der Waals surface area (Å²) < 4.78 is 0. The topological polar surface area (TPSA) is 32.5 Å². The number of para-hydroxylation sites is 1. The lowest BCUT2D eigenvalue weighted by Gasteiger charge is -2.55. The summed E-state index contributed by atoms with van der Waals surface area (Å²) in [5, 5.41) is 0. The first-order chi connectivity index (χ1) is 23.5. The molecule has 1 fully saturated rings. The fourth-order valence-corrected chi connectivity index (χ4v) is 9.64. The summed E-state index contributed by atoms with van der Waals surface area (Å²) in [6, 6.07) is 51.3. The molecule has 2 N–H and O–H groups in total. The predicted molar refractivity (Wildman–Crippen MR) is 197 cm³/mol. The number of hydrogen-bond acceptors (Lipinski definition) is 3. The van der Waals surface area contributed by atoms with Crippen LogP contribution in [0.5, 0.6) is 0 Å². The van der Waals surface area contributed by atoms with Gasteiger partial charge in [0.05, 0.1) is 23.5 Å². The molecule has 48 heavy (non-hydrogen) atoms. The lowest BCUT2D eigenvalue weighted by atomic mass is 9.60. The van der Waals surface area contributed by atoms with Crippen molar-refractivity contribution in [2.24, 2.45) is 5.73 Å². The smallest absolute Gasteiger partial charge is 0.0738 e. The van der Waals surface area contributed by atoms with Gasteiger partial charge in [-0.05, 0) is 78.3 Å². The van der Waals surface area contributed by atoms with E-state index in [2.05, 4.69) is 175 Å². The molecule has 0 amide bonds. The molecule has 1 saturated carbocycles. The van der Waals surface area contributed by atoms with Crippen molar-refractivity contribution in [3.8, 4) is 0 Å². The van der Waals surface area contributed by atoms with Gasteiger partial charge in [0.2, 0.25) is 0 Å². The van der Waals surface area contributed by atoms with Crippen LogP contribution in [0.4, 0.5) is 5.69 Å². The number of nitrogens with two attached hydrogens (primary N) is 1. The minimum Gasteiger partial charge on any atom is -0.338 e. The highest BCUT2D eigenvalue weighted by molar-refractivity contribution is 5.78. The van der Waals surface area contributed by atoms with Gasteiger partial charge in [0.15, 0.2) is 0 Å². The van der Waals surface area contributed by atoms with Crippen molar-refractivity contribution >= 4 is 5.69 Å². The number of fused-ring (bicyclic) bond motifs is 4. The second-order valence-electron chi connectivity index (χ2n) is 14.4. The van der Waals surface area contributed by atoms with Crippen LogP contribution in [0, 0.1) is 0 Å². The molecule has 5 aromatic rings. The van der Waals surface area contributed by atoms with Crippen LogP contribution >= 0.6 is 0 Å². The Morgan fingerprint density at radius 1 is 0.708 bits per heavy atom. The number of likely N-dealkylation sites (N-methyl/N-ethyl adjacent to an activating group) is 1. The van der Waals surface area contributed by atoms with Crippen LogP contribution < -0.4 is 10.6 Å². The second-order valence-corrected chi connectivity index (χ2v) is 14.4. The van der Waals surface area contributed by atoms with Gasteiger partial charge in [0.25, 0.3) is 0 Å². The van der Waals surface area contributed by atoms with Crippen LogP contribution in [-0.2, 0) is 5.41 Å². The lowest BCUT2D eigenvalue weighted by molar-refractivity contribution is 0.118. The van der Waals surface area contributed by atoms with E-state index in [1.165, 1.54) is 56.8 Å². The Morgan fingerprint density at radius 3 is 1.98 bits per heavy atom. The van der Waals surface area contributed by atoms with Crippen molar-refractivity contribution in [1.29, 1.82) is 0 Å². The second kappa shape index (κ2) is 11.2. The Hall–Kier alpha value is -4.70. The third kappa shape index (κ3) is 4.14. The number of rotatable bonds is 6. The average molecular weight is 626 g/mol. The molecule has 5 unspecified atom stereocenters. The molecule has 5 aromatic carbocycles. The molecule has 0 bridgehead atoms. The zero-order valence-corrected chi connectivity index (χ0v) is 27.8. The van der Waals surface area contributed by atoms with E-state index >= 15 is 0 Å². The minimum absolute atomic E-state index is 0.0564. The summed E-state index contributed by atoms with van der Waals surface area (Å²) in [7, 11) is 2.36. The van der Waals surface area contributed by atoms with Gasteiger partial charge in [-0.15, -0.1) is 0 Å². The maximum Gasteiger partial charge on any atom is 0.0738 e. The highest BCUT2D eigenvalue weighted by Gasteiger charge is 2.62. The molecule has 0 spiro atoms. The van der Waals surface area contributed by atoms with Gasteiger partial charge < -0.3 is 10.6 Å². The van der Waals surface area contributed by atoms with Crippen LogP contribution in [0.2, 0.25) is 0 Å². The predicted octanol–water partition coefficient (Wildman–Crippen LogP) is 9.45. The summed E-state index contributed by atoms with van der Waals surface area (Å²) >= 11 is 0. The first kappa shape index (κ1) is 29.4. The zero-order chi connectivity index (χ0) is 32.5. The van der Waals surface area contributed by atoms with Crippen LogP contribution in [0.1, 0.15) is 77.6 Å². The van der Waals surface area contributed by atoms with E-state index in [0.29, 0.717) is 5.92 Å². The van der Waals surface area contributed by atoms with Gasteiger partial charge in [-0.1, -0.05) is 146 Å². The van der Waals surface area contributed by atoms with E-state index in [0.717, 1.165) is 12.8 Å². The van der Waals surface area contributed by atoms with Crippen LogP contribution in [0.15, 0.2) is 163 Å². The molecule has 0 aromatic heterocycles. The van der Waals surface area contributed by atoms with E-state index in [9.17, 15) is 0 Å². The van der Waals surface area contributed by atoms with Crippen LogP contribution in [0.3, 0.4) is 0 Å². The van der Waals surface area contributed by atoms with E-state index < -0.39 is 5.41 Å². The van der Waals surface area contributed by atoms with Gasteiger partial charge >= 0.3 is 0 Å². The van der Waals surface area contributed by atoms with E-state index in [1.807, 2.05) is 0 Å². The molecule has 0 saturated heterocycles. The molecular formula is C45H43N3. The Labute approximate surface area is 285 Å². The maximum atomic E-state index is 7.68. The molecule has 2 heterocycles. The molecule has 5 atom stereocenters. The van der Waals surface area contributed by atoms with Crippen molar-refractivity contribution in [3.05, 3.63) is 196 Å². The largest absolute Gasteiger partial charge is 0.338 e. The zero-order valence-electron chi connectivity index (χ0n) is 27.8. The molecule has 2 aliphatic heterocycles. The lowest BCUT2D eigenvalue weighted by Crippen LogP contribution is -2.56. The molecule has 0 radical (unpaired) electrons. The highest BCUT2D eigenvalue weighted by atomic mass is 15.3. The molecule has 238 valence electrons. The quantitative estimate of drug-likeness (QED) is 0.204. The minimum atomic E-state index is -0.465. The van der Waals surface area contributed by atoms with Gasteiger partial charge in [0, 0.05) is 22.8 Å². The first-order valence-corrected chi connectivity index (χ1v) is 17.6. The Morgan fingerprint density at radius 2 is 1.29 bits per heavy atom. The molecule has 2 aliphatic carbocycles. The van der Waals surface area contributed by atoms with Crippen molar-refractivity contribution in [2.75, 3.05) is 11.9 Å². The van der Waals surface area contributed by atoms with E-state index in [4.69, 9.17) is 5.73 Å². The third-order valence-corrected chi connectivity index (χ3v) is 12.1. The molecular weight excluding hydrogens is 583 g/mol. The standard InChI is InChI=1S/C45H43N3/c1-44-30-38(44)34-24-12-13-25-35(34)42(47(44)2)43(41(46)31-18-6-3-7-19-31)48-39-28-16-14-26-36(39)45(32-20-8-4-9-21-32,33-22-10-5-11-23-33)37-27-15-17-29-40(37)48/h3-16,18-28,38,41-43H,17,29-30,46H2,1-2H3. The Balaban J connectivity index is 1.36. The number of allylic oxidation sites excluding steroid dienone is 4. The molecule has 4 aliphatic rings. The fourth-order valence-electron chi connectivity index (χ4n) is 9.64. The van der Waals surface area contributed by atoms with Gasteiger partial charge in [0.1, 0.15) is 0 Å². The van der Waals surface area contributed by atoms with Crippen molar-refractivity contribution < 1.29 is 0 Å². The highest BCUT2D eigenvalue weighted by Crippen LogP contribution is 2.64. The fraction of sp³-hybridized carbons (Fsp3) is 0.244. The van der Waals surface area contributed by atoms with Crippen molar-refractivity contribution in [2.45, 2.75) is 61.2 Å². The molecule has 3 nitrogen and oxygen atoms in total. The van der Waals surface area contributed by atoms with E-state index in [1.54, 1.807) is 0 Å². The summed E-state index contributed by atoms with van der Waals surface area (Å²) in [5.74, 6) is 0.563. The van der Waals surface area contributed by atoms with Crippen molar-refractivity contribution in [1.82, 2.24) is 4.90 Å². The van der Waals surface area contributed by atoms with Gasteiger partial charge in [-0.2, -0.15) is 0 Å².